The van der Waals surface area contributed by atoms with Crippen molar-refractivity contribution in [1.82, 2.24) is 4.90 Å². The van der Waals surface area contributed by atoms with Crippen LogP contribution < -0.4 is 9.80 Å². The fourth-order valence-corrected chi connectivity index (χ4v) is 5.50. The summed E-state index contributed by atoms with van der Waals surface area (Å²) < 4.78 is 11.3. The van der Waals surface area contributed by atoms with E-state index in [0.29, 0.717) is 28.1 Å². The van der Waals surface area contributed by atoms with Gasteiger partial charge < -0.3 is 19.3 Å². The molecular weight excluding hydrogens is 506 g/mol. The molecule has 2 fully saturated rings. The van der Waals surface area contributed by atoms with Gasteiger partial charge in [0, 0.05) is 29.9 Å². The third-order valence-electron chi connectivity index (χ3n) is 6.16. The number of amides is 3. The Kier molecular flexibility index (Phi) is 7.67. The molecule has 4 rings (SSSR count). The molecule has 36 heavy (non-hydrogen) atoms. The summed E-state index contributed by atoms with van der Waals surface area (Å²) in [4.78, 5) is 55.3. The van der Waals surface area contributed by atoms with Gasteiger partial charge in [0.1, 0.15) is 18.5 Å². The van der Waals surface area contributed by atoms with Crippen LogP contribution in [0.15, 0.2) is 36.4 Å². The summed E-state index contributed by atoms with van der Waals surface area (Å²) in [7, 11) is 0. The number of rotatable bonds is 8. The molecule has 1 aromatic heterocycles. The minimum atomic E-state index is -0.800. The van der Waals surface area contributed by atoms with Gasteiger partial charge in [-0.15, -0.1) is 11.3 Å². The molecule has 2 aliphatic heterocycles. The maximum absolute atomic E-state index is 13.4. The van der Waals surface area contributed by atoms with Crippen LogP contribution in [0.5, 0.6) is 0 Å². The van der Waals surface area contributed by atoms with Gasteiger partial charge in [-0.2, -0.15) is 0 Å². The van der Waals surface area contributed by atoms with Gasteiger partial charge in [-0.3, -0.25) is 19.3 Å². The lowest BCUT2D eigenvalue weighted by atomic mass is 9.94. The zero-order valence-electron chi connectivity index (χ0n) is 20.4. The summed E-state index contributed by atoms with van der Waals surface area (Å²) in [6.07, 6.45) is -0.959. The van der Waals surface area contributed by atoms with Gasteiger partial charge >= 0.3 is 6.09 Å². The van der Waals surface area contributed by atoms with Gasteiger partial charge in [-0.05, 0) is 57.2 Å². The van der Waals surface area contributed by atoms with E-state index in [0.717, 1.165) is 17.0 Å². The van der Waals surface area contributed by atoms with Gasteiger partial charge in [-0.1, -0.05) is 11.6 Å². The fraction of sp³-hybridized carbons (Fsp3) is 0.440. The molecule has 11 heteroatoms. The highest BCUT2D eigenvalue weighted by Gasteiger charge is 2.40. The van der Waals surface area contributed by atoms with E-state index in [9.17, 15) is 19.2 Å². The summed E-state index contributed by atoms with van der Waals surface area (Å²) in [5, 5.41) is 0. The Hall–Kier alpha value is -2.95. The van der Waals surface area contributed by atoms with Crippen molar-refractivity contribution in [2.75, 3.05) is 42.6 Å². The van der Waals surface area contributed by atoms with Crippen LogP contribution in [0.2, 0.25) is 4.34 Å². The second-order valence-electron chi connectivity index (χ2n) is 9.44. The monoisotopic (exact) mass is 533 g/mol. The number of halogens is 1. The standard InChI is InChI=1S/C25H28ClN3O6S/c1-16(30)12-25(2,3)29(23(32)20-8-9-21(26)36-20)14-19-13-28(24(33)35-19)18-6-4-17(5-7-18)27-10-11-34-15-22(27)31/h4-9,19H,10-15H2,1-3H3. The van der Waals surface area contributed by atoms with Gasteiger partial charge in [0.25, 0.3) is 11.8 Å². The minimum absolute atomic E-state index is 0.0501. The molecular formula is C25H28ClN3O6S. The lowest BCUT2D eigenvalue weighted by molar-refractivity contribution is -0.125. The molecule has 3 heterocycles. The molecule has 3 amide bonds. The highest BCUT2D eigenvalue weighted by Crippen LogP contribution is 2.30. The molecule has 0 bridgehead atoms. The van der Waals surface area contributed by atoms with Gasteiger partial charge in [0.05, 0.1) is 28.9 Å². The van der Waals surface area contributed by atoms with Gasteiger partial charge in [0.2, 0.25) is 0 Å². The van der Waals surface area contributed by atoms with Crippen molar-refractivity contribution in [2.24, 2.45) is 0 Å². The zero-order chi connectivity index (χ0) is 26.0. The number of ketones is 1. The number of ether oxygens (including phenoxy) is 2. The topological polar surface area (TPSA) is 96.5 Å². The van der Waals surface area contributed by atoms with E-state index in [-0.39, 0.29) is 43.7 Å². The number of benzene rings is 1. The summed E-state index contributed by atoms with van der Waals surface area (Å²) in [6.45, 7) is 6.48. The van der Waals surface area contributed by atoms with Gasteiger partial charge in [0.15, 0.2) is 0 Å². The van der Waals surface area contributed by atoms with Crippen molar-refractivity contribution in [2.45, 2.75) is 38.8 Å². The van der Waals surface area contributed by atoms with Crippen molar-refractivity contribution in [3.63, 3.8) is 0 Å². The molecule has 192 valence electrons. The molecule has 2 saturated heterocycles. The third kappa shape index (κ3) is 5.71. The van der Waals surface area contributed by atoms with Crippen LogP contribution in [0.25, 0.3) is 0 Å². The van der Waals surface area contributed by atoms with E-state index in [1.54, 1.807) is 46.2 Å². The summed E-state index contributed by atoms with van der Waals surface area (Å²) in [6, 6.07) is 10.4. The van der Waals surface area contributed by atoms with Crippen LogP contribution in [-0.2, 0) is 19.1 Å². The maximum atomic E-state index is 13.4. The average molecular weight is 534 g/mol. The molecule has 1 atom stereocenters. The molecule has 0 spiro atoms. The number of hydrogen-bond donors (Lipinski definition) is 0. The van der Waals surface area contributed by atoms with E-state index in [1.807, 2.05) is 13.8 Å². The fourth-order valence-electron chi connectivity index (χ4n) is 4.51. The van der Waals surface area contributed by atoms with Gasteiger partial charge in [-0.25, -0.2) is 4.79 Å². The lowest BCUT2D eigenvalue weighted by Gasteiger charge is -2.39. The minimum Gasteiger partial charge on any atom is -0.442 e. The molecule has 0 aliphatic carbocycles. The van der Waals surface area contributed by atoms with E-state index in [4.69, 9.17) is 21.1 Å². The third-order valence-corrected chi connectivity index (χ3v) is 7.38. The normalized spacial score (nSPS) is 18.4. The smallest absolute Gasteiger partial charge is 0.414 e. The van der Waals surface area contributed by atoms with E-state index < -0.39 is 17.7 Å². The average Bonchev–Trinajstić information content (AvgIpc) is 3.42. The van der Waals surface area contributed by atoms with Crippen LogP contribution in [0.1, 0.15) is 36.9 Å². The highest BCUT2D eigenvalue weighted by molar-refractivity contribution is 7.18. The van der Waals surface area contributed by atoms with Crippen LogP contribution >= 0.6 is 22.9 Å². The molecule has 2 aromatic rings. The Morgan fingerprint density at radius 3 is 2.36 bits per heavy atom. The number of cyclic esters (lactones) is 1. The lowest BCUT2D eigenvalue weighted by Crippen LogP contribution is -2.52. The zero-order valence-corrected chi connectivity index (χ0v) is 21.9. The first-order valence-electron chi connectivity index (χ1n) is 11.6. The molecule has 9 nitrogen and oxygen atoms in total. The van der Waals surface area contributed by atoms with E-state index in [1.165, 1.54) is 11.8 Å². The first-order valence-corrected chi connectivity index (χ1v) is 12.8. The molecule has 0 saturated carbocycles. The molecule has 1 aromatic carbocycles. The number of carbonyl (C=O) groups is 4. The SMILES string of the molecule is CC(=O)CC(C)(C)N(CC1CN(c2ccc(N3CCOCC3=O)cc2)C(=O)O1)C(=O)c1ccc(Cl)s1. The second-order valence-corrected chi connectivity index (χ2v) is 11.2. The van der Waals surface area contributed by atoms with Crippen LogP contribution in [0.3, 0.4) is 0 Å². The van der Waals surface area contributed by atoms with Crippen molar-refractivity contribution in [3.8, 4) is 0 Å². The second kappa shape index (κ2) is 10.6. The number of morpholine rings is 1. The maximum Gasteiger partial charge on any atom is 0.414 e. The summed E-state index contributed by atoms with van der Waals surface area (Å²) >= 11 is 7.21. The number of thiophene rings is 1. The van der Waals surface area contributed by atoms with Crippen LogP contribution in [0, 0.1) is 0 Å². The molecule has 0 radical (unpaired) electrons. The van der Waals surface area contributed by atoms with Crippen molar-refractivity contribution in [3.05, 3.63) is 45.6 Å². The Bertz CT molecular complexity index is 1160. The Balaban J connectivity index is 1.50. The molecule has 2 aliphatic rings. The molecule has 1 unspecified atom stereocenters. The predicted molar refractivity (Wildman–Crippen MR) is 137 cm³/mol. The van der Waals surface area contributed by atoms with E-state index in [2.05, 4.69) is 0 Å². The Morgan fingerprint density at radius 2 is 1.78 bits per heavy atom. The predicted octanol–water partition coefficient (Wildman–Crippen LogP) is 3.99. The Morgan fingerprint density at radius 1 is 1.11 bits per heavy atom. The quantitative estimate of drug-likeness (QED) is 0.509. The number of carbonyl (C=O) groups excluding carboxylic acids is 4. The van der Waals surface area contributed by atoms with Crippen molar-refractivity contribution >= 4 is 58.0 Å². The van der Waals surface area contributed by atoms with Crippen molar-refractivity contribution in [1.29, 1.82) is 0 Å². The highest BCUT2D eigenvalue weighted by atomic mass is 35.5. The number of nitrogens with zero attached hydrogens (tertiary/aromatic N) is 3. The molecule has 0 N–H and O–H groups in total. The summed E-state index contributed by atoms with van der Waals surface area (Å²) in [5.41, 5.74) is 0.553. The van der Waals surface area contributed by atoms with Crippen LogP contribution in [-0.4, -0.2) is 73.1 Å². The van der Waals surface area contributed by atoms with Crippen LogP contribution in [0.4, 0.5) is 16.2 Å². The number of anilines is 2. The number of hydrogen-bond acceptors (Lipinski definition) is 7. The van der Waals surface area contributed by atoms with Crippen molar-refractivity contribution < 1.29 is 28.7 Å². The first-order chi connectivity index (χ1) is 17.0. The largest absolute Gasteiger partial charge is 0.442 e. The first kappa shape index (κ1) is 26.1. The summed E-state index contributed by atoms with van der Waals surface area (Å²) in [5.74, 6) is -0.433. The Labute approximate surface area is 218 Å². The number of Topliss-reactive ketones (excluding diaryl/α,β-unsaturated/α-hetero) is 1. The van der Waals surface area contributed by atoms with E-state index >= 15 is 0 Å².